The van der Waals surface area contributed by atoms with Crippen LogP contribution in [-0.2, 0) is 9.53 Å². The van der Waals surface area contributed by atoms with Crippen LogP contribution >= 0.6 is 0 Å². The molecule has 116 valence electrons. The highest BCUT2D eigenvalue weighted by atomic mass is 16.6. The van der Waals surface area contributed by atoms with E-state index in [0.29, 0.717) is 6.42 Å². The SMILES string of the molecule is CC(CC(NC(=O)OC(C)(C)C)c1ccccc1)C(=O)O. The molecule has 0 bridgehead atoms. The van der Waals surface area contributed by atoms with Gasteiger partial charge in [-0.15, -0.1) is 0 Å². The number of carbonyl (C=O) groups is 2. The third-order valence-electron chi connectivity index (χ3n) is 2.90. The molecule has 1 aromatic rings. The number of alkyl carbamates (subject to hydrolysis) is 1. The molecule has 1 rings (SSSR count). The van der Waals surface area contributed by atoms with Gasteiger partial charge < -0.3 is 15.2 Å². The van der Waals surface area contributed by atoms with Gasteiger partial charge >= 0.3 is 12.1 Å². The average Bonchev–Trinajstić information content (AvgIpc) is 2.36. The lowest BCUT2D eigenvalue weighted by Crippen LogP contribution is -2.36. The summed E-state index contributed by atoms with van der Waals surface area (Å²) in [6.45, 7) is 6.97. The molecule has 0 aliphatic heterocycles. The van der Waals surface area contributed by atoms with Crippen LogP contribution < -0.4 is 5.32 Å². The quantitative estimate of drug-likeness (QED) is 0.872. The van der Waals surface area contributed by atoms with Gasteiger partial charge in [-0.25, -0.2) is 4.79 Å². The topological polar surface area (TPSA) is 75.6 Å². The fourth-order valence-electron chi connectivity index (χ4n) is 1.87. The van der Waals surface area contributed by atoms with Gasteiger partial charge in [0.2, 0.25) is 0 Å². The normalized spacial score (nSPS) is 14.1. The monoisotopic (exact) mass is 293 g/mol. The standard InChI is InChI=1S/C16H23NO4/c1-11(14(18)19)10-13(12-8-6-5-7-9-12)17-15(20)21-16(2,3)4/h5-9,11,13H,10H2,1-4H3,(H,17,20)(H,18,19). The van der Waals surface area contributed by atoms with E-state index >= 15 is 0 Å². The summed E-state index contributed by atoms with van der Waals surface area (Å²) >= 11 is 0. The van der Waals surface area contributed by atoms with E-state index in [1.54, 1.807) is 27.7 Å². The first-order valence-corrected chi connectivity index (χ1v) is 6.96. The van der Waals surface area contributed by atoms with Crippen molar-refractivity contribution in [2.75, 3.05) is 0 Å². The highest BCUT2D eigenvalue weighted by Crippen LogP contribution is 2.22. The minimum absolute atomic E-state index is 0.304. The maximum Gasteiger partial charge on any atom is 0.408 e. The van der Waals surface area contributed by atoms with Gasteiger partial charge in [0.15, 0.2) is 0 Å². The molecule has 0 heterocycles. The van der Waals surface area contributed by atoms with Crippen LogP contribution in [-0.4, -0.2) is 22.8 Å². The van der Waals surface area contributed by atoms with Gasteiger partial charge in [-0.05, 0) is 32.8 Å². The lowest BCUT2D eigenvalue weighted by molar-refractivity contribution is -0.141. The number of hydrogen-bond acceptors (Lipinski definition) is 3. The fraction of sp³-hybridized carbons (Fsp3) is 0.500. The number of ether oxygens (including phenoxy) is 1. The van der Waals surface area contributed by atoms with Gasteiger partial charge in [-0.1, -0.05) is 37.3 Å². The molecule has 0 aromatic heterocycles. The molecule has 2 atom stereocenters. The molecule has 0 saturated carbocycles. The van der Waals surface area contributed by atoms with Crippen molar-refractivity contribution >= 4 is 12.1 Å². The molecule has 2 unspecified atom stereocenters. The second kappa shape index (κ2) is 7.11. The first-order chi connectivity index (χ1) is 9.69. The summed E-state index contributed by atoms with van der Waals surface area (Å²) in [7, 11) is 0. The van der Waals surface area contributed by atoms with Crippen molar-refractivity contribution in [1.29, 1.82) is 0 Å². The molecule has 0 radical (unpaired) electrons. The van der Waals surface area contributed by atoms with E-state index < -0.39 is 29.6 Å². The average molecular weight is 293 g/mol. The molecule has 0 aliphatic carbocycles. The van der Waals surface area contributed by atoms with Crippen molar-refractivity contribution < 1.29 is 19.4 Å². The van der Waals surface area contributed by atoms with Crippen LogP contribution in [0.5, 0.6) is 0 Å². The Morgan fingerprint density at radius 1 is 1.24 bits per heavy atom. The summed E-state index contributed by atoms with van der Waals surface area (Å²) in [5.41, 5.74) is 0.264. The van der Waals surface area contributed by atoms with Crippen molar-refractivity contribution in [2.24, 2.45) is 5.92 Å². The van der Waals surface area contributed by atoms with Crippen LogP contribution in [0.3, 0.4) is 0 Å². The van der Waals surface area contributed by atoms with Crippen molar-refractivity contribution in [3.63, 3.8) is 0 Å². The number of benzene rings is 1. The summed E-state index contributed by atoms with van der Waals surface area (Å²) in [5.74, 6) is -1.45. The fourth-order valence-corrected chi connectivity index (χ4v) is 1.87. The van der Waals surface area contributed by atoms with Crippen LogP contribution in [0.1, 0.15) is 45.7 Å². The van der Waals surface area contributed by atoms with E-state index in [1.165, 1.54) is 0 Å². The van der Waals surface area contributed by atoms with Gasteiger partial charge in [0.05, 0.1) is 12.0 Å². The molecule has 5 nitrogen and oxygen atoms in total. The Balaban J connectivity index is 2.82. The number of aliphatic carboxylic acids is 1. The maximum atomic E-state index is 11.9. The van der Waals surface area contributed by atoms with E-state index in [9.17, 15) is 9.59 Å². The third kappa shape index (κ3) is 6.29. The van der Waals surface area contributed by atoms with Gasteiger partial charge in [0.1, 0.15) is 5.60 Å². The van der Waals surface area contributed by atoms with E-state index in [2.05, 4.69) is 5.32 Å². The lowest BCUT2D eigenvalue weighted by atomic mass is 9.96. The van der Waals surface area contributed by atoms with Gasteiger partial charge in [-0.2, -0.15) is 0 Å². The predicted molar refractivity (Wildman–Crippen MR) is 80.0 cm³/mol. The summed E-state index contributed by atoms with van der Waals surface area (Å²) < 4.78 is 5.23. The molecule has 2 N–H and O–H groups in total. The molecule has 21 heavy (non-hydrogen) atoms. The Hall–Kier alpha value is -2.04. The zero-order valence-electron chi connectivity index (χ0n) is 12.9. The minimum Gasteiger partial charge on any atom is -0.481 e. The van der Waals surface area contributed by atoms with Crippen LogP contribution in [0, 0.1) is 5.92 Å². The van der Waals surface area contributed by atoms with Crippen molar-refractivity contribution in [3.05, 3.63) is 35.9 Å². The number of carboxylic acids is 1. The number of rotatable bonds is 5. The van der Waals surface area contributed by atoms with Crippen molar-refractivity contribution in [3.8, 4) is 0 Å². The molecule has 1 amide bonds. The zero-order valence-corrected chi connectivity index (χ0v) is 12.9. The summed E-state index contributed by atoms with van der Waals surface area (Å²) in [5, 5.41) is 11.8. The summed E-state index contributed by atoms with van der Waals surface area (Å²) in [6.07, 6.45) is -0.243. The van der Waals surface area contributed by atoms with Crippen molar-refractivity contribution in [1.82, 2.24) is 5.32 Å². The molecule has 1 aromatic carbocycles. The van der Waals surface area contributed by atoms with E-state index in [1.807, 2.05) is 30.3 Å². The second-order valence-corrected chi connectivity index (χ2v) is 6.08. The lowest BCUT2D eigenvalue weighted by Gasteiger charge is -2.25. The maximum absolute atomic E-state index is 11.9. The second-order valence-electron chi connectivity index (χ2n) is 6.08. The molecule has 0 aliphatic rings. The molecular weight excluding hydrogens is 270 g/mol. The Kier molecular flexibility index (Phi) is 5.76. The van der Waals surface area contributed by atoms with Crippen LogP contribution in [0.2, 0.25) is 0 Å². The van der Waals surface area contributed by atoms with Gasteiger partial charge in [0.25, 0.3) is 0 Å². The van der Waals surface area contributed by atoms with Crippen LogP contribution in [0.4, 0.5) is 4.79 Å². The molecule has 5 heteroatoms. The number of amides is 1. The largest absolute Gasteiger partial charge is 0.481 e. The van der Waals surface area contributed by atoms with E-state index in [0.717, 1.165) is 5.56 Å². The highest BCUT2D eigenvalue weighted by Gasteiger charge is 2.24. The number of carboxylic acid groups (broad SMARTS) is 1. The first-order valence-electron chi connectivity index (χ1n) is 6.96. The zero-order chi connectivity index (χ0) is 16.0. The van der Waals surface area contributed by atoms with Gasteiger partial charge in [-0.3, -0.25) is 4.79 Å². The summed E-state index contributed by atoms with van der Waals surface area (Å²) in [6, 6.07) is 8.89. The number of nitrogens with one attached hydrogen (secondary N) is 1. The number of hydrogen-bond donors (Lipinski definition) is 2. The minimum atomic E-state index is -0.887. The Labute approximate surface area is 125 Å². The summed E-state index contributed by atoms with van der Waals surface area (Å²) in [4.78, 5) is 22.9. The third-order valence-corrected chi connectivity index (χ3v) is 2.90. The highest BCUT2D eigenvalue weighted by molar-refractivity contribution is 5.70. The molecule has 0 saturated heterocycles. The predicted octanol–water partition coefficient (Wildman–Crippen LogP) is 3.36. The van der Waals surface area contributed by atoms with E-state index in [4.69, 9.17) is 9.84 Å². The Morgan fingerprint density at radius 2 is 1.81 bits per heavy atom. The Morgan fingerprint density at radius 3 is 2.29 bits per heavy atom. The molecule has 0 fully saturated rings. The molecular formula is C16H23NO4. The number of carbonyl (C=O) groups excluding carboxylic acids is 1. The smallest absolute Gasteiger partial charge is 0.408 e. The van der Waals surface area contributed by atoms with Gasteiger partial charge in [0, 0.05) is 0 Å². The van der Waals surface area contributed by atoms with Crippen LogP contribution in [0.25, 0.3) is 0 Å². The Bertz CT molecular complexity index is 479. The van der Waals surface area contributed by atoms with Crippen LogP contribution in [0.15, 0.2) is 30.3 Å². The van der Waals surface area contributed by atoms with Crippen molar-refractivity contribution in [2.45, 2.75) is 45.8 Å². The first kappa shape index (κ1) is 17.0. The molecule has 0 spiro atoms. The van der Waals surface area contributed by atoms with E-state index in [-0.39, 0.29) is 0 Å².